The number of anilines is 1. The van der Waals surface area contributed by atoms with Gasteiger partial charge in [0.1, 0.15) is 12.4 Å². The summed E-state index contributed by atoms with van der Waals surface area (Å²) in [7, 11) is 0. The standard InChI is InChI=1S/C21H23N3O3/c1-3-14-27-17-9-7-8-16(15-17)22-20(25)12-13-24-19-11-6-5-10-18(19)23(4-2)21(24)26/h3,5-11,15H,1,4,12-14H2,2H3,(H,22,25). The number of carbonyl (C=O) groups is 1. The Labute approximate surface area is 157 Å². The third-order valence-corrected chi connectivity index (χ3v) is 4.29. The first-order valence-electron chi connectivity index (χ1n) is 8.95. The number of ether oxygens (including phenoxy) is 1. The van der Waals surface area contributed by atoms with Gasteiger partial charge in [-0.25, -0.2) is 4.79 Å². The SMILES string of the molecule is C=CCOc1cccc(NC(=O)CCn2c(=O)n(CC)c3ccccc32)c1. The Hall–Kier alpha value is -3.28. The highest BCUT2D eigenvalue weighted by atomic mass is 16.5. The molecule has 6 nitrogen and oxygen atoms in total. The average molecular weight is 365 g/mol. The van der Waals surface area contributed by atoms with Crippen LogP contribution in [0.4, 0.5) is 5.69 Å². The number of nitrogens with one attached hydrogen (secondary N) is 1. The van der Waals surface area contributed by atoms with Gasteiger partial charge >= 0.3 is 5.69 Å². The summed E-state index contributed by atoms with van der Waals surface area (Å²) in [6.07, 6.45) is 1.87. The molecule has 0 fully saturated rings. The van der Waals surface area contributed by atoms with Gasteiger partial charge in [-0.05, 0) is 31.2 Å². The van der Waals surface area contributed by atoms with Crippen LogP contribution >= 0.6 is 0 Å². The molecule has 0 aliphatic carbocycles. The second kappa shape index (κ2) is 8.40. The van der Waals surface area contributed by atoms with Crippen molar-refractivity contribution in [2.24, 2.45) is 0 Å². The summed E-state index contributed by atoms with van der Waals surface area (Å²) in [4.78, 5) is 24.9. The highest BCUT2D eigenvalue weighted by molar-refractivity contribution is 5.91. The van der Waals surface area contributed by atoms with Gasteiger partial charge in [0.15, 0.2) is 0 Å². The number of nitrogens with zero attached hydrogens (tertiary/aromatic N) is 2. The predicted octanol–water partition coefficient (Wildman–Crippen LogP) is 3.42. The number of fused-ring (bicyclic) bond motifs is 1. The molecule has 0 radical (unpaired) electrons. The van der Waals surface area contributed by atoms with Crippen molar-refractivity contribution in [3.63, 3.8) is 0 Å². The molecule has 0 saturated carbocycles. The lowest BCUT2D eigenvalue weighted by Gasteiger charge is -2.08. The number of para-hydroxylation sites is 2. The van der Waals surface area contributed by atoms with Crippen molar-refractivity contribution in [2.75, 3.05) is 11.9 Å². The molecule has 1 N–H and O–H groups in total. The van der Waals surface area contributed by atoms with E-state index in [1.165, 1.54) is 0 Å². The molecule has 2 aromatic carbocycles. The van der Waals surface area contributed by atoms with Gasteiger partial charge in [-0.2, -0.15) is 0 Å². The Bertz CT molecular complexity index is 1020. The van der Waals surface area contributed by atoms with Gasteiger partial charge in [0, 0.05) is 31.3 Å². The Kier molecular flexibility index (Phi) is 5.76. The van der Waals surface area contributed by atoms with Gasteiger partial charge in [-0.1, -0.05) is 30.9 Å². The summed E-state index contributed by atoms with van der Waals surface area (Å²) < 4.78 is 8.84. The van der Waals surface area contributed by atoms with E-state index in [-0.39, 0.29) is 18.0 Å². The molecule has 0 saturated heterocycles. The number of hydrogen-bond donors (Lipinski definition) is 1. The minimum atomic E-state index is -0.156. The molecule has 0 spiro atoms. The molecule has 3 aromatic rings. The number of imidazole rings is 1. The van der Waals surface area contributed by atoms with Crippen LogP contribution in [0.5, 0.6) is 5.75 Å². The fourth-order valence-corrected chi connectivity index (χ4v) is 3.05. The van der Waals surface area contributed by atoms with Crippen molar-refractivity contribution in [3.8, 4) is 5.75 Å². The van der Waals surface area contributed by atoms with Crippen molar-refractivity contribution >= 4 is 22.6 Å². The zero-order valence-electron chi connectivity index (χ0n) is 15.4. The molecule has 1 heterocycles. The topological polar surface area (TPSA) is 65.3 Å². The van der Waals surface area contributed by atoms with E-state index >= 15 is 0 Å². The largest absolute Gasteiger partial charge is 0.489 e. The number of amides is 1. The first-order chi connectivity index (χ1) is 13.1. The third-order valence-electron chi connectivity index (χ3n) is 4.29. The zero-order chi connectivity index (χ0) is 19.2. The molecule has 3 rings (SSSR count). The maximum absolute atomic E-state index is 12.6. The van der Waals surface area contributed by atoms with Crippen LogP contribution in [0.1, 0.15) is 13.3 Å². The number of aryl methyl sites for hydroxylation is 2. The van der Waals surface area contributed by atoms with E-state index in [0.29, 0.717) is 31.1 Å². The summed E-state index contributed by atoms with van der Waals surface area (Å²) >= 11 is 0. The molecular formula is C21H23N3O3. The minimum absolute atomic E-state index is 0.0914. The monoisotopic (exact) mass is 365 g/mol. The molecule has 0 unspecified atom stereocenters. The molecule has 1 aromatic heterocycles. The second-order valence-corrected chi connectivity index (χ2v) is 6.09. The summed E-state index contributed by atoms with van der Waals surface area (Å²) in [6, 6.07) is 14.8. The molecule has 6 heteroatoms. The number of hydrogen-bond acceptors (Lipinski definition) is 3. The fraction of sp³-hybridized carbons (Fsp3) is 0.238. The number of rotatable bonds is 8. The fourth-order valence-electron chi connectivity index (χ4n) is 3.05. The van der Waals surface area contributed by atoms with Crippen LogP contribution in [0, 0.1) is 0 Å². The predicted molar refractivity (Wildman–Crippen MR) is 107 cm³/mol. The Morgan fingerprint density at radius 2 is 1.89 bits per heavy atom. The maximum Gasteiger partial charge on any atom is 0.329 e. The third kappa shape index (κ3) is 4.11. The second-order valence-electron chi connectivity index (χ2n) is 6.09. The highest BCUT2D eigenvalue weighted by Gasteiger charge is 2.13. The molecule has 140 valence electrons. The van der Waals surface area contributed by atoms with Crippen LogP contribution in [0.3, 0.4) is 0 Å². The summed E-state index contributed by atoms with van der Waals surface area (Å²) in [5.74, 6) is 0.506. The van der Waals surface area contributed by atoms with Gasteiger partial charge in [-0.15, -0.1) is 0 Å². The van der Waals surface area contributed by atoms with Crippen molar-refractivity contribution < 1.29 is 9.53 Å². The number of benzene rings is 2. The van der Waals surface area contributed by atoms with E-state index in [0.717, 1.165) is 11.0 Å². The van der Waals surface area contributed by atoms with Crippen LogP contribution in [0.15, 0.2) is 66.0 Å². The lowest BCUT2D eigenvalue weighted by atomic mass is 10.2. The lowest BCUT2D eigenvalue weighted by Crippen LogP contribution is -2.25. The highest BCUT2D eigenvalue weighted by Crippen LogP contribution is 2.18. The summed E-state index contributed by atoms with van der Waals surface area (Å²) in [6.45, 7) is 6.87. The first kappa shape index (κ1) is 18.5. The van der Waals surface area contributed by atoms with E-state index in [9.17, 15) is 9.59 Å². The van der Waals surface area contributed by atoms with Crippen LogP contribution in [0.2, 0.25) is 0 Å². The van der Waals surface area contributed by atoms with Crippen molar-refractivity contribution in [2.45, 2.75) is 26.4 Å². The Balaban J connectivity index is 1.70. The molecule has 0 aliphatic heterocycles. The van der Waals surface area contributed by atoms with Crippen molar-refractivity contribution in [1.82, 2.24) is 9.13 Å². The van der Waals surface area contributed by atoms with Crippen molar-refractivity contribution in [1.29, 1.82) is 0 Å². The van der Waals surface area contributed by atoms with Gasteiger partial charge in [0.25, 0.3) is 0 Å². The molecule has 0 bridgehead atoms. The van der Waals surface area contributed by atoms with Gasteiger partial charge in [0.2, 0.25) is 5.91 Å². The molecular weight excluding hydrogens is 342 g/mol. The maximum atomic E-state index is 12.6. The van der Waals surface area contributed by atoms with Crippen LogP contribution in [-0.2, 0) is 17.9 Å². The van der Waals surface area contributed by atoms with Crippen LogP contribution < -0.4 is 15.7 Å². The number of aromatic nitrogens is 2. The van der Waals surface area contributed by atoms with Gasteiger partial charge in [-0.3, -0.25) is 13.9 Å². The quantitative estimate of drug-likeness (QED) is 0.622. The van der Waals surface area contributed by atoms with E-state index in [1.807, 2.05) is 43.3 Å². The van der Waals surface area contributed by atoms with E-state index in [1.54, 1.807) is 27.3 Å². The van der Waals surface area contributed by atoms with Crippen LogP contribution in [0.25, 0.3) is 11.0 Å². The normalized spacial score (nSPS) is 10.7. The Morgan fingerprint density at radius 1 is 1.15 bits per heavy atom. The summed E-state index contributed by atoms with van der Waals surface area (Å²) in [5, 5.41) is 2.85. The number of carbonyl (C=O) groups excluding carboxylic acids is 1. The molecule has 0 aliphatic rings. The van der Waals surface area contributed by atoms with Gasteiger partial charge < -0.3 is 10.1 Å². The minimum Gasteiger partial charge on any atom is -0.489 e. The Morgan fingerprint density at radius 3 is 2.59 bits per heavy atom. The van der Waals surface area contributed by atoms with E-state index in [4.69, 9.17) is 4.74 Å². The molecule has 0 atom stereocenters. The lowest BCUT2D eigenvalue weighted by molar-refractivity contribution is -0.116. The first-order valence-corrected chi connectivity index (χ1v) is 8.95. The molecule has 27 heavy (non-hydrogen) atoms. The summed E-state index contributed by atoms with van der Waals surface area (Å²) in [5.41, 5.74) is 2.30. The average Bonchev–Trinajstić information content (AvgIpc) is 2.95. The smallest absolute Gasteiger partial charge is 0.329 e. The van der Waals surface area contributed by atoms with E-state index < -0.39 is 0 Å². The zero-order valence-corrected chi connectivity index (χ0v) is 15.4. The van der Waals surface area contributed by atoms with Crippen LogP contribution in [-0.4, -0.2) is 21.6 Å². The van der Waals surface area contributed by atoms with Crippen molar-refractivity contribution in [3.05, 3.63) is 71.7 Å². The molecule has 1 amide bonds. The van der Waals surface area contributed by atoms with E-state index in [2.05, 4.69) is 11.9 Å². The van der Waals surface area contributed by atoms with Gasteiger partial charge in [0.05, 0.1) is 11.0 Å².